The third-order valence-electron chi connectivity index (χ3n) is 5.26. The predicted octanol–water partition coefficient (Wildman–Crippen LogP) is 1.02. The van der Waals surface area contributed by atoms with Crippen LogP contribution in [0.1, 0.15) is 27.7 Å². The number of benzene rings is 1. The molecule has 8 heteroatoms. The van der Waals surface area contributed by atoms with Gasteiger partial charge in [0, 0.05) is 26.3 Å². The molecule has 2 aliphatic rings. The number of methoxy groups -OCH3 is 2. The summed E-state index contributed by atoms with van der Waals surface area (Å²) in [5, 5.41) is 4.17. The molecule has 2 aromatic rings. The highest BCUT2D eigenvalue weighted by Crippen LogP contribution is 2.39. The van der Waals surface area contributed by atoms with Crippen molar-refractivity contribution in [1.82, 2.24) is 19.6 Å². The Morgan fingerprint density at radius 2 is 1.96 bits per heavy atom. The molecule has 1 atom stereocenters. The lowest BCUT2D eigenvalue weighted by molar-refractivity contribution is -0.139. The number of carbonyl (C=O) groups is 2. The first-order chi connectivity index (χ1) is 13.0. The molecular weight excluding hydrogens is 348 g/mol. The SMILES string of the molecule is COc1cc2c(cc1OC)[C@@H]1CN(C(=O)c3ccn(C)n3)CC(=O)N1CC2. The number of rotatable bonds is 3. The summed E-state index contributed by atoms with van der Waals surface area (Å²) in [4.78, 5) is 29.0. The summed E-state index contributed by atoms with van der Waals surface area (Å²) in [6.07, 6.45) is 2.48. The second-order valence-electron chi connectivity index (χ2n) is 6.82. The molecule has 4 rings (SSSR count). The van der Waals surface area contributed by atoms with Gasteiger partial charge in [0.25, 0.3) is 5.91 Å². The predicted molar refractivity (Wildman–Crippen MR) is 96.8 cm³/mol. The van der Waals surface area contributed by atoms with Crippen LogP contribution < -0.4 is 9.47 Å². The van der Waals surface area contributed by atoms with E-state index in [2.05, 4.69) is 5.10 Å². The number of carbonyl (C=O) groups excluding carboxylic acids is 2. The number of hydrogen-bond donors (Lipinski definition) is 0. The van der Waals surface area contributed by atoms with Gasteiger partial charge in [0.05, 0.1) is 20.3 Å². The van der Waals surface area contributed by atoms with E-state index < -0.39 is 0 Å². The number of aryl methyl sites for hydroxylation is 1. The summed E-state index contributed by atoms with van der Waals surface area (Å²) >= 11 is 0. The normalized spacial score (nSPS) is 18.8. The van der Waals surface area contributed by atoms with Gasteiger partial charge in [-0.25, -0.2) is 0 Å². The number of amides is 2. The maximum Gasteiger partial charge on any atom is 0.274 e. The van der Waals surface area contributed by atoms with Crippen molar-refractivity contribution in [3.63, 3.8) is 0 Å². The molecular formula is C19H22N4O4. The van der Waals surface area contributed by atoms with Crippen LogP contribution in [0.15, 0.2) is 24.4 Å². The largest absolute Gasteiger partial charge is 0.493 e. The van der Waals surface area contributed by atoms with Crippen LogP contribution in [0.4, 0.5) is 0 Å². The van der Waals surface area contributed by atoms with E-state index in [1.54, 1.807) is 43.1 Å². The van der Waals surface area contributed by atoms with Gasteiger partial charge in [-0.15, -0.1) is 0 Å². The summed E-state index contributed by atoms with van der Waals surface area (Å²) in [6, 6.07) is 5.37. The molecule has 0 saturated carbocycles. The monoisotopic (exact) mass is 370 g/mol. The molecule has 0 radical (unpaired) electrons. The van der Waals surface area contributed by atoms with Crippen LogP contribution >= 0.6 is 0 Å². The molecule has 0 bridgehead atoms. The van der Waals surface area contributed by atoms with Crippen LogP contribution in [0.25, 0.3) is 0 Å². The number of fused-ring (bicyclic) bond motifs is 3. The summed E-state index contributed by atoms with van der Waals surface area (Å²) in [6.45, 7) is 1.15. The average molecular weight is 370 g/mol. The second-order valence-corrected chi connectivity index (χ2v) is 6.82. The average Bonchev–Trinajstić information content (AvgIpc) is 3.12. The molecule has 142 valence electrons. The third kappa shape index (κ3) is 2.90. The Morgan fingerprint density at radius 3 is 2.63 bits per heavy atom. The quantitative estimate of drug-likeness (QED) is 0.806. The number of aromatic nitrogens is 2. The number of piperazine rings is 1. The fourth-order valence-electron chi connectivity index (χ4n) is 3.90. The van der Waals surface area contributed by atoms with Gasteiger partial charge in [-0.05, 0) is 35.7 Å². The Labute approximate surface area is 157 Å². The van der Waals surface area contributed by atoms with E-state index in [0.29, 0.717) is 30.3 Å². The van der Waals surface area contributed by atoms with Crippen molar-refractivity contribution < 1.29 is 19.1 Å². The molecule has 2 aliphatic heterocycles. The molecule has 3 heterocycles. The summed E-state index contributed by atoms with van der Waals surface area (Å²) in [7, 11) is 4.96. The third-order valence-corrected chi connectivity index (χ3v) is 5.26. The first-order valence-electron chi connectivity index (χ1n) is 8.85. The van der Waals surface area contributed by atoms with Gasteiger partial charge in [0.1, 0.15) is 12.2 Å². The molecule has 0 unspecified atom stereocenters. The minimum Gasteiger partial charge on any atom is -0.493 e. The van der Waals surface area contributed by atoms with Crippen LogP contribution in [0.3, 0.4) is 0 Å². The Balaban J connectivity index is 1.68. The maximum absolute atomic E-state index is 12.8. The van der Waals surface area contributed by atoms with E-state index in [0.717, 1.165) is 17.5 Å². The zero-order valence-electron chi connectivity index (χ0n) is 15.6. The highest BCUT2D eigenvalue weighted by molar-refractivity contribution is 5.95. The molecule has 1 saturated heterocycles. The Morgan fingerprint density at radius 1 is 1.22 bits per heavy atom. The van der Waals surface area contributed by atoms with Crippen LogP contribution in [0.2, 0.25) is 0 Å². The number of nitrogens with zero attached hydrogens (tertiary/aromatic N) is 4. The van der Waals surface area contributed by atoms with Crippen molar-refractivity contribution >= 4 is 11.8 Å². The molecule has 0 spiro atoms. The van der Waals surface area contributed by atoms with Gasteiger partial charge in [-0.1, -0.05) is 0 Å². The van der Waals surface area contributed by atoms with Gasteiger partial charge in [0.2, 0.25) is 5.91 Å². The summed E-state index contributed by atoms with van der Waals surface area (Å²) < 4.78 is 12.4. The van der Waals surface area contributed by atoms with Crippen molar-refractivity contribution in [3.8, 4) is 11.5 Å². The van der Waals surface area contributed by atoms with Crippen LogP contribution in [0, 0.1) is 0 Å². The van der Waals surface area contributed by atoms with E-state index >= 15 is 0 Å². The van der Waals surface area contributed by atoms with Crippen LogP contribution in [-0.2, 0) is 18.3 Å². The van der Waals surface area contributed by atoms with E-state index in [1.165, 1.54) is 0 Å². The minimum atomic E-state index is -0.226. The Bertz CT molecular complexity index is 907. The molecule has 1 fully saturated rings. The molecule has 0 aliphatic carbocycles. The zero-order valence-corrected chi connectivity index (χ0v) is 15.6. The number of ether oxygens (including phenoxy) is 2. The van der Waals surface area contributed by atoms with E-state index in [9.17, 15) is 9.59 Å². The first kappa shape index (κ1) is 17.4. The lowest BCUT2D eigenvalue weighted by atomic mass is 9.90. The van der Waals surface area contributed by atoms with Crippen LogP contribution in [-0.4, -0.2) is 65.2 Å². The van der Waals surface area contributed by atoms with Gasteiger partial charge in [-0.2, -0.15) is 5.10 Å². The lowest BCUT2D eigenvalue weighted by Crippen LogP contribution is -2.55. The highest BCUT2D eigenvalue weighted by atomic mass is 16.5. The molecule has 0 N–H and O–H groups in total. The zero-order chi connectivity index (χ0) is 19.1. The molecule has 27 heavy (non-hydrogen) atoms. The van der Waals surface area contributed by atoms with Crippen molar-refractivity contribution in [2.24, 2.45) is 7.05 Å². The number of hydrogen-bond acceptors (Lipinski definition) is 5. The Hall–Kier alpha value is -3.03. The van der Waals surface area contributed by atoms with E-state index in [-0.39, 0.29) is 24.4 Å². The van der Waals surface area contributed by atoms with Crippen molar-refractivity contribution in [2.45, 2.75) is 12.5 Å². The molecule has 1 aromatic carbocycles. The Kier molecular flexibility index (Phi) is 4.25. The fraction of sp³-hybridized carbons (Fsp3) is 0.421. The fourth-order valence-corrected chi connectivity index (χ4v) is 3.90. The van der Waals surface area contributed by atoms with Gasteiger partial charge >= 0.3 is 0 Å². The van der Waals surface area contributed by atoms with Crippen molar-refractivity contribution in [1.29, 1.82) is 0 Å². The first-order valence-corrected chi connectivity index (χ1v) is 8.85. The molecule has 2 amide bonds. The minimum absolute atomic E-state index is 0.0454. The highest BCUT2D eigenvalue weighted by Gasteiger charge is 2.39. The maximum atomic E-state index is 12.8. The van der Waals surface area contributed by atoms with Gasteiger partial charge < -0.3 is 19.3 Å². The van der Waals surface area contributed by atoms with Gasteiger partial charge in [0.15, 0.2) is 11.5 Å². The molecule has 1 aromatic heterocycles. The molecule has 8 nitrogen and oxygen atoms in total. The van der Waals surface area contributed by atoms with Crippen molar-refractivity contribution in [2.75, 3.05) is 33.9 Å². The summed E-state index contributed by atoms with van der Waals surface area (Å²) in [5.74, 6) is 1.03. The summed E-state index contributed by atoms with van der Waals surface area (Å²) in [5.41, 5.74) is 2.47. The van der Waals surface area contributed by atoms with E-state index in [4.69, 9.17) is 9.47 Å². The van der Waals surface area contributed by atoms with Gasteiger partial charge in [-0.3, -0.25) is 14.3 Å². The van der Waals surface area contributed by atoms with Crippen molar-refractivity contribution in [3.05, 3.63) is 41.2 Å². The standard InChI is InChI=1S/C19H22N4O4/c1-21-6-5-14(20-21)19(25)22-10-15-13-9-17(27-3)16(26-2)8-12(13)4-7-23(15)18(24)11-22/h5-6,8-9,15H,4,7,10-11H2,1-3H3/t15-/m0/s1. The van der Waals surface area contributed by atoms with E-state index in [1.807, 2.05) is 17.0 Å². The lowest BCUT2D eigenvalue weighted by Gasteiger charge is -2.44. The van der Waals surface area contributed by atoms with Crippen LogP contribution in [0.5, 0.6) is 11.5 Å². The second kappa shape index (κ2) is 6.61. The smallest absolute Gasteiger partial charge is 0.274 e. The topological polar surface area (TPSA) is 76.9 Å².